The Bertz CT molecular complexity index is 1420. The van der Waals surface area contributed by atoms with Crippen LogP contribution in [0.4, 0.5) is 5.69 Å². The van der Waals surface area contributed by atoms with Crippen LogP contribution < -0.4 is 9.62 Å². The SMILES string of the molecule is CC[C@@H](C(=O)NC1CCCCC1)N(Cc1cccc(C)c1)C(=O)CN(c1ccc(Br)cc1)S(=O)(=O)c1ccccc1. The summed E-state index contributed by atoms with van der Waals surface area (Å²) in [5.74, 6) is -0.638. The van der Waals surface area contributed by atoms with Crippen LogP contribution in [0.15, 0.2) is 88.2 Å². The Kier molecular flexibility index (Phi) is 10.6. The molecule has 0 unspecified atom stereocenters. The first-order valence-electron chi connectivity index (χ1n) is 14.2. The average Bonchev–Trinajstić information content (AvgIpc) is 2.97. The van der Waals surface area contributed by atoms with E-state index in [2.05, 4.69) is 21.2 Å². The summed E-state index contributed by atoms with van der Waals surface area (Å²) < 4.78 is 29.7. The van der Waals surface area contributed by atoms with E-state index in [4.69, 9.17) is 0 Å². The number of anilines is 1. The van der Waals surface area contributed by atoms with Crippen molar-refractivity contribution in [1.29, 1.82) is 0 Å². The van der Waals surface area contributed by atoms with Gasteiger partial charge in [0.25, 0.3) is 10.0 Å². The molecule has 41 heavy (non-hydrogen) atoms. The predicted octanol–water partition coefficient (Wildman–Crippen LogP) is 6.21. The third-order valence-electron chi connectivity index (χ3n) is 7.50. The van der Waals surface area contributed by atoms with Gasteiger partial charge in [-0.2, -0.15) is 0 Å². The Morgan fingerprint density at radius 2 is 1.63 bits per heavy atom. The first-order valence-corrected chi connectivity index (χ1v) is 16.4. The van der Waals surface area contributed by atoms with Crippen molar-refractivity contribution in [3.05, 3.63) is 94.5 Å². The highest BCUT2D eigenvalue weighted by molar-refractivity contribution is 9.10. The smallest absolute Gasteiger partial charge is 0.264 e. The van der Waals surface area contributed by atoms with Gasteiger partial charge in [0.1, 0.15) is 12.6 Å². The van der Waals surface area contributed by atoms with Gasteiger partial charge in [0.2, 0.25) is 11.8 Å². The van der Waals surface area contributed by atoms with Crippen molar-refractivity contribution in [1.82, 2.24) is 10.2 Å². The van der Waals surface area contributed by atoms with Crippen LogP contribution in [0.2, 0.25) is 0 Å². The number of aryl methyl sites for hydroxylation is 1. The van der Waals surface area contributed by atoms with E-state index in [1.807, 2.05) is 38.1 Å². The van der Waals surface area contributed by atoms with Gasteiger partial charge in [-0.25, -0.2) is 8.42 Å². The van der Waals surface area contributed by atoms with E-state index in [-0.39, 0.29) is 23.4 Å². The van der Waals surface area contributed by atoms with Crippen LogP contribution in [0.3, 0.4) is 0 Å². The fourth-order valence-electron chi connectivity index (χ4n) is 5.33. The molecule has 7 nitrogen and oxygen atoms in total. The molecule has 1 aliphatic rings. The van der Waals surface area contributed by atoms with Crippen LogP contribution in [-0.2, 0) is 26.2 Å². The van der Waals surface area contributed by atoms with Crippen LogP contribution in [-0.4, -0.2) is 43.8 Å². The highest BCUT2D eigenvalue weighted by atomic mass is 79.9. The molecule has 0 aliphatic heterocycles. The van der Waals surface area contributed by atoms with Crippen LogP contribution in [0.25, 0.3) is 0 Å². The molecule has 1 N–H and O–H groups in total. The predicted molar refractivity (Wildman–Crippen MR) is 166 cm³/mol. The van der Waals surface area contributed by atoms with Crippen molar-refractivity contribution in [2.75, 3.05) is 10.8 Å². The van der Waals surface area contributed by atoms with Gasteiger partial charge in [0, 0.05) is 17.1 Å². The largest absolute Gasteiger partial charge is 0.352 e. The van der Waals surface area contributed by atoms with Gasteiger partial charge in [-0.1, -0.05) is 90.1 Å². The number of amides is 2. The van der Waals surface area contributed by atoms with Crippen molar-refractivity contribution < 1.29 is 18.0 Å². The molecule has 3 aromatic carbocycles. The Morgan fingerprint density at radius 1 is 0.951 bits per heavy atom. The third-order valence-corrected chi connectivity index (χ3v) is 9.81. The number of carbonyl (C=O) groups excluding carboxylic acids is 2. The van der Waals surface area contributed by atoms with E-state index in [9.17, 15) is 18.0 Å². The van der Waals surface area contributed by atoms with Crippen LogP contribution in [0, 0.1) is 6.92 Å². The maximum atomic E-state index is 14.2. The fourth-order valence-corrected chi connectivity index (χ4v) is 7.03. The summed E-state index contributed by atoms with van der Waals surface area (Å²) in [7, 11) is -4.08. The molecule has 1 atom stereocenters. The second-order valence-corrected chi connectivity index (χ2v) is 13.4. The van der Waals surface area contributed by atoms with Crippen LogP contribution >= 0.6 is 15.9 Å². The first-order chi connectivity index (χ1) is 19.7. The number of sulfonamides is 1. The molecule has 2 amide bonds. The van der Waals surface area contributed by atoms with E-state index in [1.165, 1.54) is 18.6 Å². The van der Waals surface area contributed by atoms with Crippen LogP contribution in [0.5, 0.6) is 0 Å². The maximum Gasteiger partial charge on any atom is 0.264 e. The van der Waals surface area contributed by atoms with Crippen molar-refractivity contribution in [3.8, 4) is 0 Å². The highest BCUT2D eigenvalue weighted by Crippen LogP contribution is 2.26. The van der Waals surface area contributed by atoms with Crippen molar-refractivity contribution >= 4 is 43.5 Å². The highest BCUT2D eigenvalue weighted by Gasteiger charge is 2.34. The van der Waals surface area contributed by atoms with E-state index in [0.717, 1.165) is 45.6 Å². The molecule has 1 aliphatic carbocycles. The maximum absolute atomic E-state index is 14.2. The lowest BCUT2D eigenvalue weighted by Gasteiger charge is -2.34. The Balaban J connectivity index is 1.69. The molecule has 4 rings (SSSR count). The monoisotopic (exact) mass is 639 g/mol. The molecule has 0 heterocycles. The summed E-state index contributed by atoms with van der Waals surface area (Å²) in [4.78, 5) is 29.4. The number of carbonyl (C=O) groups is 2. The van der Waals surface area contributed by atoms with E-state index in [0.29, 0.717) is 12.1 Å². The zero-order chi connectivity index (χ0) is 29.4. The third kappa shape index (κ3) is 7.98. The van der Waals surface area contributed by atoms with Crippen molar-refractivity contribution in [2.45, 2.75) is 75.9 Å². The minimum Gasteiger partial charge on any atom is -0.352 e. The minimum absolute atomic E-state index is 0.0861. The van der Waals surface area contributed by atoms with Gasteiger partial charge in [-0.15, -0.1) is 0 Å². The molecule has 0 spiro atoms. The zero-order valence-corrected chi connectivity index (χ0v) is 26.0. The summed E-state index contributed by atoms with van der Waals surface area (Å²) >= 11 is 3.40. The summed E-state index contributed by atoms with van der Waals surface area (Å²) in [6, 6.07) is 22.1. The van der Waals surface area contributed by atoms with Gasteiger partial charge < -0.3 is 10.2 Å². The summed E-state index contributed by atoms with van der Waals surface area (Å²) in [5, 5.41) is 3.18. The molecule has 3 aromatic rings. The van der Waals surface area contributed by atoms with E-state index < -0.39 is 28.5 Å². The van der Waals surface area contributed by atoms with Gasteiger partial charge >= 0.3 is 0 Å². The number of hydrogen-bond donors (Lipinski definition) is 1. The lowest BCUT2D eigenvalue weighted by molar-refractivity contribution is -0.140. The van der Waals surface area contributed by atoms with E-state index in [1.54, 1.807) is 47.4 Å². The zero-order valence-electron chi connectivity index (χ0n) is 23.6. The molecular formula is C32H38BrN3O4S. The van der Waals surface area contributed by atoms with Gasteiger partial charge in [0.15, 0.2) is 0 Å². The number of halogens is 1. The lowest BCUT2D eigenvalue weighted by Crippen LogP contribution is -2.54. The van der Waals surface area contributed by atoms with Gasteiger partial charge in [-0.3, -0.25) is 13.9 Å². The normalized spacial score (nSPS) is 14.7. The van der Waals surface area contributed by atoms with Crippen LogP contribution in [0.1, 0.15) is 56.6 Å². The number of nitrogens with zero attached hydrogens (tertiary/aromatic N) is 2. The first kappa shape index (κ1) is 30.8. The molecule has 9 heteroatoms. The number of benzene rings is 3. The molecule has 0 bridgehead atoms. The quantitative estimate of drug-likeness (QED) is 0.270. The molecule has 1 fully saturated rings. The van der Waals surface area contributed by atoms with Crippen molar-refractivity contribution in [2.24, 2.45) is 0 Å². The average molecular weight is 641 g/mol. The second kappa shape index (κ2) is 14.1. The molecule has 1 saturated carbocycles. The standard InChI is InChI=1S/C32H38BrN3O4S/c1-3-30(32(38)34-27-13-6-4-7-14-27)35(22-25-12-10-11-24(2)21-25)31(37)23-36(28-19-17-26(33)18-20-28)41(39,40)29-15-8-5-9-16-29/h5,8-12,15-21,27,30H,3-4,6-7,13-14,22-23H2,1-2H3,(H,34,38)/t30-/m0/s1. The van der Waals surface area contributed by atoms with E-state index >= 15 is 0 Å². The summed E-state index contributed by atoms with van der Waals surface area (Å²) in [5.41, 5.74) is 2.28. The Labute approximate surface area is 252 Å². The number of rotatable bonds is 11. The molecule has 218 valence electrons. The Hall–Kier alpha value is -3.17. The van der Waals surface area contributed by atoms with Gasteiger partial charge in [0.05, 0.1) is 10.6 Å². The second-order valence-electron chi connectivity index (χ2n) is 10.6. The number of nitrogens with one attached hydrogen (secondary N) is 1. The minimum atomic E-state index is -4.08. The molecule has 0 radical (unpaired) electrons. The summed E-state index contributed by atoms with van der Waals surface area (Å²) in [6.07, 6.45) is 5.59. The topological polar surface area (TPSA) is 86.8 Å². The summed E-state index contributed by atoms with van der Waals surface area (Å²) in [6.45, 7) is 3.61. The molecule has 0 aromatic heterocycles. The Morgan fingerprint density at radius 3 is 2.27 bits per heavy atom. The van der Waals surface area contributed by atoms with Crippen molar-refractivity contribution in [3.63, 3.8) is 0 Å². The molecule has 0 saturated heterocycles. The lowest BCUT2D eigenvalue weighted by atomic mass is 9.95. The van der Waals surface area contributed by atoms with Gasteiger partial charge in [-0.05, 0) is 68.1 Å². The molecular weight excluding hydrogens is 602 g/mol. The number of hydrogen-bond acceptors (Lipinski definition) is 4. The fraction of sp³-hybridized carbons (Fsp3) is 0.375.